The monoisotopic (exact) mass is 354 g/mol. The molecule has 0 aromatic heterocycles. The Morgan fingerprint density at radius 1 is 1.43 bits per heavy atom. The average Bonchev–Trinajstić information content (AvgIpc) is 2.54. The van der Waals surface area contributed by atoms with Gasteiger partial charge in [-0.05, 0) is 0 Å². The molecule has 0 unspecified atom stereocenters. The van der Waals surface area contributed by atoms with Gasteiger partial charge >= 0.3 is 116 Å². The molecule has 0 spiro atoms. The first-order chi connectivity index (χ1) is 6.77. The Labute approximate surface area is 115 Å². The number of rotatable bonds is 6. The van der Waals surface area contributed by atoms with Crippen LogP contribution in [0.1, 0.15) is 39.0 Å². The van der Waals surface area contributed by atoms with E-state index in [0.29, 0.717) is 0 Å². The van der Waals surface area contributed by atoms with Crippen LogP contribution in [0, 0.1) is 0 Å². The molecule has 78 valence electrons. The van der Waals surface area contributed by atoms with Gasteiger partial charge in [0.25, 0.3) is 0 Å². The van der Waals surface area contributed by atoms with Gasteiger partial charge < -0.3 is 0 Å². The third-order valence-electron chi connectivity index (χ3n) is 2.34. The van der Waals surface area contributed by atoms with Crippen molar-refractivity contribution in [3.63, 3.8) is 0 Å². The van der Waals surface area contributed by atoms with Crippen LogP contribution in [0.5, 0.6) is 0 Å². The molecule has 0 aromatic carbocycles. The molecule has 0 saturated carbocycles. The Balaban J connectivity index is 2.29. The topological polar surface area (TPSA) is 0 Å². The summed E-state index contributed by atoms with van der Waals surface area (Å²) in [7, 11) is 5.98. The summed E-state index contributed by atoms with van der Waals surface area (Å²) in [6, 6.07) is 0. The molecule has 0 fully saturated rings. The predicted octanol–water partition coefficient (Wildman–Crippen LogP) is 3.45. The van der Waals surface area contributed by atoms with E-state index >= 15 is 0 Å². The first kappa shape index (κ1) is 13.6. The molecule has 0 nitrogen and oxygen atoms in total. The Bertz CT molecular complexity index is 251. The van der Waals surface area contributed by atoms with Crippen LogP contribution < -0.4 is 0 Å². The van der Waals surface area contributed by atoms with E-state index in [9.17, 15) is 0 Å². The second kappa shape index (κ2) is 7.75. The quantitative estimate of drug-likeness (QED) is 0.506. The maximum atomic E-state index is 5.98. The minimum atomic E-state index is -0.389. The van der Waals surface area contributed by atoms with E-state index in [1.807, 2.05) is 0 Å². The van der Waals surface area contributed by atoms with Gasteiger partial charge in [-0.15, -0.1) is 0 Å². The first-order valence-corrected chi connectivity index (χ1v) is 10.9. The van der Waals surface area contributed by atoms with Crippen LogP contribution in [0.25, 0.3) is 0 Å². The molecule has 0 bridgehead atoms. The van der Waals surface area contributed by atoms with Crippen LogP contribution in [0.2, 0.25) is 0 Å². The third-order valence-corrected chi connectivity index (χ3v) is 10.8. The van der Waals surface area contributed by atoms with Crippen molar-refractivity contribution >= 4 is 59.2 Å². The summed E-state index contributed by atoms with van der Waals surface area (Å²) in [5.41, 5.74) is 1.56. The molecule has 1 aliphatic heterocycles. The molecular formula is C10H16BrClMgSe. The minimum absolute atomic E-state index is 0.00326. The van der Waals surface area contributed by atoms with Gasteiger partial charge in [-0.25, -0.2) is 0 Å². The van der Waals surface area contributed by atoms with Gasteiger partial charge in [-0.2, -0.15) is 0 Å². The van der Waals surface area contributed by atoms with Gasteiger partial charge in [0.15, 0.2) is 0 Å². The summed E-state index contributed by atoms with van der Waals surface area (Å²) >= 11 is 3.32. The summed E-state index contributed by atoms with van der Waals surface area (Å²) in [5, 5.41) is 0. The van der Waals surface area contributed by atoms with Crippen LogP contribution in [0.15, 0.2) is 17.6 Å². The van der Waals surface area contributed by atoms with E-state index in [4.69, 9.17) is 9.07 Å². The second-order valence-electron chi connectivity index (χ2n) is 3.58. The molecular weight excluding hydrogens is 339 g/mol. The van der Waals surface area contributed by atoms with Crippen molar-refractivity contribution in [2.24, 2.45) is 0 Å². The Morgan fingerprint density at radius 2 is 2.21 bits per heavy atom. The summed E-state index contributed by atoms with van der Waals surface area (Å²) < 4.78 is 3.13. The van der Waals surface area contributed by atoms with Gasteiger partial charge in [0.2, 0.25) is 0 Å². The predicted molar refractivity (Wildman–Crippen MR) is 72.9 cm³/mol. The molecule has 1 aliphatic rings. The molecule has 1 rings (SSSR count). The van der Waals surface area contributed by atoms with Crippen molar-refractivity contribution in [3.8, 4) is 0 Å². The first-order valence-electron chi connectivity index (χ1n) is 5.20. The normalized spacial score (nSPS) is 18.6. The number of hydrogen-bond donors (Lipinski definition) is 0. The fourth-order valence-corrected chi connectivity index (χ4v) is 9.37. The number of allylic oxidation sites excluding steroid dienone is 2. The van der Waals surface area contributed by atoms with Crippen molar-refractivity contribution in [2.75, 3.05) is 0 Å². The van der Waals surface area contributed by atoms with Crippen LogP contribution >= 0.6 is 25.0 Å². The van der Waals surface area contributed by atoms with Gasteiger partial charge in [-0.1, -0.05) is 0 Å². The summed E-state index contributed by atoms with van der Waals surface area (Å²) in [6.07, 6.45) is 9.07. The zero-order valence-corrected chi connectivity index (χ0v) is 14.4. The van der Waals surface area contributed by atoms with Crippen molar-refractivity contribution in [2.45, 2.75) is 39.0 Å². The van der Waals surface area contributed by atoms with Gasteiger partial charge in [0.1, 0.15) is 0 Å². The molecule has 0 saturated heterocycles. The van der Waals surface area contributed by atoms with Gasteiger partial charge in [-0.3, -0.25) is 0 Å². The molecule has 0 N–H and O–H groups in total. The Morgan fingerprint density at radius 3 is 2.79 bits per heavy atom. The standard InChI is InChI=1S/C10H16BrSe.ClH.Mg/c1-2-3-4-5-6-9-7-8-12-10(9)11;;/h7H,2-6,12H2,1H3;1H;/q;;+1/p-1. The van der Waals surface area contributed by atoms with Crippen molar-refractivity contribution in [1.82, 2.24) is 0 Å². The van der Waals surface area contributed by atoms with E-state index in [-0.39, 0.29) is 34.2 Å². The summed E-state index contributed by atoms with van der Waals surface area (Å²) in [6.45, 7) is 2.26. The van der Waals surface area contributed by atoms with E-state index in [2.05, 4.69) is 28.9 Å². The van der Waals surface area contributed by atoms with Crippen LogP contribution in [-0.2, 0) is 0 Å². The molecule has 14 heavy (non-hydrogen) atoms. The zero-order chi connectivity index (χ0) is 10.4. The van der Waals surface area contributed by atoms with E-state index in [1.54, 1.807) is 8.17 Å². The number of unbranched alkanes of at least 4 members (excludes halogenated alkanes) is 3. The number of hydrogen-bond acceptors (Lipinski definition) is 0. The van der Waals surface area contributed by atoms with E-state index < -0.39 is 0 Å². The van der Waals surface area contributed by atoms with Crippen molar-refractivity contribution < 1.29 is 0 Å². The molecule has 1 heterocycles. The SMILES string of the molecule is CCCCCCC1=C(Br)[SeH2][C]([Mg][Cl])=C1. The van der Waals surface area contributed by atoms with Crippen molar-refractivity contribution in [3.05, 3.63) is 17.6 Å². The Hall–Kier alpha value is 1.54. The molecule has 0 radical (unpaired) electrons. The van der Waals surface area contributed by atoms with Crippen LogP contribution in [0.4, 0.5) is 0 Å². The van der Waals surface area contributed by atoms with Crippen LogP contribution in [-0.4, -0.2) is 34.2 Å². The van der Waals surface area contributed by atoms with Gasteiger partial charge in [0, 0.05) is 0 Å². The van der Waals surface area contributed by atoms with Crippen molar-refractivity contribution in [1.29, 1.82) is 0 Å². The third kappa shape index (κ3) is 4.59. The fraction of sp³-hybridized carbons (Fsp3) is 0.600. The maximum absolute atomic E-state index is 5.98. The fourth-order valence-electron chi connectivity index (χ4n) is 1.53. The average molecular weight is 355 g/mol. The summed E-state index contributed by atoms with van der Waals surface area (Å²) in [5.74, 6) is 0. The molecule has 0 aromatic rings. The van der Waals surface area contributed by atoms with Crippen LogP contribution in [0.3, 0.4) is 0 Å². The molecule has 4 heteroatoms. The number of halogens is 2. The van der Waals surface area contributed by atoms with E-state index in [1.165, 1.54) is 35.5 Å². The Kier molecular flexibility index (Phi) is 7.53. The molecule has 0 amide bonds. The van der Waals surface area contributed by atoms with Gasteiger partial charge in [0.05, 0.1) is 0 Å². The van der Waals surface area contributed by atoms with E-state index in [0.717, 1.165) is 0 Å². The molecule has 0 atom stereocenters. The zero-order valence-electron chi connectivity index (χ0n) is 8.58. The summed E-state index contributed by atoms with van der Waals surface area (Å²) in [4.78, 5) is 0. The molecule has 0 aliphatic carbocycles. The second-order valence-corrected chi connectivity index (χ2v) is 12.1.